The average Bonchev–Trinajstić information content (AvgIpc) is 2.08. The second kappa shape index (κ2) is 4.33. The molecule has 1 aliphatic carbocycles. The van der Waals surface area contributed by atoms with Gasteiger partial charge in [-0.15, -0.1) is 0 Å². The lowest BCUT2D eigenvalue weighted by Gasteiger charge is -2.24. The van der Waals surface area contributed by atoms with Gasteiger partial charge < -0.3 is 5.32 Å². The van der Waals surface area contributed by atoms with Crippen molar-refractivity contribution in [3.8, 4) is 0 Å². The maximum atomic E-state index is 11.6. The van der Waals surface area contributed by atoms with E-state index in [1.807, 2.05) is 0 Å². The minimum absolute atomic E-state index is 0.0557. The van der Waals surface area contributed by atoms with E-state index in [-0.39, 0.29) is 22.1 Å². The standard InChI is InChI=1S/C9H9Cl2N3O/c10-7-6(8(11)13-4-12-7)14-9(15)5-2-1-3-5/h4-5H,1-3H2,(H,14,15). The molecule has 1 fully saturated rings. The van der Waals surface area contributed by atoms with Crippen LogP contribution < -0.4 is 5.32 Å². The van der Waals surface area contributed by atoms with Crippen LogP contribution in [-0.4, -0.2) is 15.9 Å². The quantitative estimate of drug-likeness (QED) is 0.815. The van der Waals surface area contributed by atoms with Crippen LogP contribution in [0.3, 0.4) is 0 Å². The predicted octanol–water partition coefficient (Wildman–Crippen LogP) is 2.52. The van der Waals surface area contributed by atoms with E-state index >= 15 is 0 Å². The molecule has 1 aromatic rings. The normalized spacial score (nSPS) is 15.9. The molecule has 6 heteroatoms. The van der Waals surface area contributed by atoms with Crippen molar-refractivity contribution >= 4 is 34.8 Å². The van der Waals surface area contributed by atoms with Crippen molar-refractivity contribution in [1.82, 2.24) is 9.97 Å². The molecule has 2 rings (SSSR count). The summed E-state index contributed by atoms with van der Waals surface area (Å²) in [6.45, 7) is 0. The number of halogens is 2. The van der Waals surface area contributed by atoms with Crippen molar-refractivity contribution in [2.45, 2.75) is 19.3 Å². The van der Waals surface area contributed by atoms with Gasteiger partial charge in [0, 0.05) is 5.92 Å². The van der Waals surface area contributed by atoms with Crippen LogP contribution in [0, 0.1) is 5.92 Å². The third-order valence-electron chi connectivity index (χ3n) is 2.48. The highest BCUT2D eigenvalue weighted by atomic mass is 35.5. The van der Waals surface area contributed by atoms with Gasteiger partial charge in [-0.05, 0) is 12.8 Å². The zero-order valence-electron chi connectivity index (χ0n) is 7.83. The number of hydrogen-bond acceptors (Lipinski definition) is 3. The van der Waals surface area contributed by atoms with Gasteiger partial charge in [0.2, 0.25) is 5.91 Å². The Hall–Kier alpha value is -0.870. The number of carbonyl (C=O) groups excluding carboxylic acids is 1. The monoisotopic (exact) mass is 245 g/mol. The van der Waals surface area contributed by atoms with E-state index in [1.165, 1.54) is 6.33 Å². The van der Waals surface area contributed by atoms with Crippen LogP contribution in [0.4, 0.5) is 5.69 Å². The Morgan fingerprint density at radius 2 is 1.93 bits per heavy atom. The first-order chi connectivity index (χ1) is 7.18. The fraction of sp³-hybridized carbons (Fsp3) is 0.444. The van der Waals surface area contributed by atoms with Crippen molar-refractivity contribution in [2.24, 2.45) is 5.92 Å². The number of nitrogens with one attached hydrogen (secondary N) is 1. The fourth-order valence-corrected chi connectivity index (χ4v) is 1.75. The zero-order chi connectivity index (χ0) is 10.8. The molecule has 1 aliphatic rings. The zero-order valence-corrected chi connectivity index (χ0v) is 9.35. The highest BCUT2D eigenvalue weighted by Crippen LogP contribution is 2.30. The number of nitrogens with zero attached hydrogens (tertiary/aromatic N) is 2. The second-order valence-electron chi connectivity index (χ2n) is 3.45. The lowest BCUT2D eigenvalue weighted by atomic mass is 9.85. The third kappa shape index (κ3) is 2.21. The van der Waals surface area contributed by atoms with Crippen molar-refractivity contribution in [2.75, 3.05) is 5.32 Å². The largest absolute Gasteiger partial charge is 0.321 e. The van der Waals surface area contributed by atoms with Crippen LogP contribution >= 0.6 is 23.2 Å². The molecule has 1 saturated carbocycles. The Bertz CT molecular complexity index is 373. The Morgan fingerprint density at radius 1 is 1.33 bits per heavy atom. The summed E-state index contributed by atoms with van der Waals surface area (Å²) in [6.07, 6.45) is 4.21. The Kier molecular flexibility index (Phi) is 3.07. The van der Waals surface area contributed by atoms with Crippen LogP contribution in [0.5, 0.6) is 0 Å². The van der Waals surface area contributed by atoms with Crippen molar-refractivity contribution < 1.29 is 4.79 Å². The van der Waals surface area contributed by atoms with Crippen LogP contribution in [0.1, 0.15) is 19.3 Å². The van der Waals surface area contributed by atoms with E-state index in [0.717, 1.165) is 19.3 Å². The molecule has 0 aliphatic heterocycles. The Balaban J connectivity index is 2.12. The van der Waals surface area contributed by atoms with Crippen LogP contribution in [-0.2, 0) is 4.79 Å². The number of rotatable bonds is 2. The number of anilines is 1. The molecular formula is C9H9Cl2N3O. The molecule has 0 bridgehead atoms. The molecule has 0 aromatic carbocycles. The van der Waals surface area contributed by atoms with E-state index in [2.05, 4.69) is 15.3 Å². The SMILES string of the molecule is O=C(Nc1c(Cl)ncnc1Cl)C1CCC1. The minimum Gasteiger partial charge on any atom is -0.321 e. The molecule has 0 atom stereocenters. The molecule has 1 aromatic heterocycles. The van der Waals surface area contributed by atoms with Gasteiger partial charge in [-0.25, -0.2) is 9.97 Å². The third-order valence-corrected chi connectivity index (χ3v) is 3.05. The highest BCUT2D eigenvalue weighted by Gasteiger charge is 2.26. The summed E-state index contributed by atoms with van der Waals surface area (Å²) in [4.78, 5) is 19.1. The van der Waals surface area contributed by atoms with Crippen molar-refractivity contribution in [1.29, 1.82) is 0 Å². The molecule has 1 amide bonds. The van der Waals surface area contributed by atoms with E-state index in [1.54, 1.807) is 0 Å². The van der Waals surface area contributed by atoms with Gasteiger partial charge in [-0.2, -0.15) is 0 Å². The Labute approximate surface area is 97.0 Å². The summed E-state index contributed by atoms with van der Waals surface area (Å²) in [5.41, 5.74) is 0.303. The van der Waals surface area contributed by atoms with Crippen LogP contribution in [0.15, 0.2) is 6.33 Å². The summed E-state index contributed by atoms with van der Waals surface area (Å²) in [5, 5.41) is 2.99. The number of amides is 1. The molecule has 0 spiro atoms. The van der Waals surface area contributed by atoms with Crippen molar-refractivity contribution in [3.05, 3.63) is 16.6 Å². The Morgan fingerprint density at radius 3 is 2.40 bits per heavy atom. The summed E-state index contributed by atoms with van der Waals surface area (Å²) >= 11 is 11.6. The summed E-state index contributed by atoms with van der Waals surface area (Å²) in [5.74, 6) is 0.0252. The van der Waals surface area contributed by atoms with E-state index < -0.39 is 0 Å². The molecule has 0 radical (unpaired) electrons. The smallest absolute Gasteiger partial charge is 0.227 e. The first-order valence-corrected chi connectivity index (χ1v) is 5.41. The number of carbonyl (C=O) groups is 1. The second-order valence-corrected chi connectivity index (χ2v) is 4.16. The van der Waals surface area contributed by atoms with Crippen LogP contribution in [0.25, 0.3) is 0 Å². The fourth-order valence-electron chi connectivity index (χ4n) is 1.34. The van der Waals surface area contributed by atoms with E-state index in [4.69, 9.17) is 23.2 Å². The van der Waals surface area contributed by atoms with Gasteiger partial charge in [0.05, 0.1) is 0 Å². The van der Waals surface area contributed by atoms with Gasteiger partial charge in [0.25, 0.3) is 0 Å². The topological polar surface area (TPSA) is 54.9 Å². The maximum absolute atomic E-state index is 11.6. The number of aromatic nitrogens is 2. The molecule has 0 saturated heterocycles. The van der Waals surface area contributed by atoms with Crippen molar-refractivity contribution in [3.63, 3.8) is 0 Å². The van der Waals surface area contributed by atoms with E-state index in [0.29, 0.717) is 5.69 Å². The molecular weight excluding hydrogens is 237 g/mol. The van der Waals surface area contributed by atoms with Gasteiger partial charge >= 0.3 is 0 Å². The summed E-state index contributed by atoms with van der Waals surface area (Å²) < 4.78 is 0. The molecule has 0 unspecified atom stereocenters. The first kappa shape index (κ1) is 10.6. The molecule has 4 nitrogen and oxygen atoms in total. The molecule has 80 valence electrons. The van der Waals surface area contributed by atoms with Gasteiger partial charge in [0.15, 0.2) is 10.3 Å². The van der Waals surface area contributed by atoms with E-state index in [9.17, 15) is 4.79 Å². The van der Waals surface area contributed by atoms with Gasteiger partial charge in [0.1, 0.15) is 12.0 Å². The highest BCUT2D eigenvalue weighted by molar-refractivity contribution is 6.38. The van der Waals surface area contributed by atoms with Gasteiger partial charge in [-0.1, -0.05) is 29.6 Å². The minimum atomic E-state index is -0.0557. The summed E-state index contributed by atoms with van der Waals surface area (Å²) in [7, 11) is 0. The first-order valence-electron chi connectivity index (χ1n) is 4.65. The number of hydrogen-bond donors (Lipinski definition) is 1. The van der Waals surface area contributed by atoms with Gasteiger partial charge in [-0.3, -0.25) is 4.79 Å². The molecule has 15 heavy (non-hydrogen) atoms. The maximum Gasteiger partial charge on any atom is 0.227 e. The average molecular weight is 246 g/mol. The molecule has 1 heterocycles. The predicted molar refractivity (Wildman–Crippen MR) is 58.0 cm³/mol. The summed E-state index contributed by atoms with van der Waals surface area (Å²) in [6, 6.07) is 0. The lowest BCUT2D eigenvalue weighted by Crippen LogP contribution is -2.28. The lowest BCUT2D eigenvalue weighted by molar-refractivity contribution is -0.122. The van der Waals surface area contributed by atoms with Crippen LogP contribution in [0.2, 0.25) is 10.3 Å². The molecule has 1 N–H and O–H groups in total.